The molecule has 0 saturated carbocycles. The molecule has 1 aromatic carbocycles. The van der Waals surface area contributed by atoms with Crippen LogP contribution in [0, 0.1) is 5.41 Å². The van der Waals surface area contributed by atoms with E-state index >= 15 is 0 Å². The lowest BCUT2D eigenvalue weighted by Crippen LogP contribution is -2.25. The van der Waals surface area contributed by atoms with Gasteiger partial charge in [0.2, 0.25) is 0 Å². The zero-order valence-corrected chi connectivity index (χ0v) is 16.2. The summed E-state index contributed by atoms with van der Waals surface area (Å²) in [5, 5.41) is 0. The molecular formula is C18H31O4P. The fourth-order valence-corrected chi connectivity index (χ4v) is 3.82. The Morgan fingerprint density at radius 3 is 2.30 bits per heavy atom. The molecule has 1 N–H and O–H groups in total. The highest BCUT2D eigenvalue weighted by atomic mass is 31.2. The second kappa shape index (κ2) is 7.83. The Balaban J connectivity index is 2.99. The zero-order chi connectivity index (χ0) is 17.7. The maximum absolute atomic E-state index is 12.1. The van der Waals surface area contributed by atoms with Crippen LogP contribution in [-0.2, 0) is 14.5 Å². The summed E-state index contributed by atoms with van der Waals surface area (Å²) in [5.74, 6) is 0.420. The van der Waals surface area contributed by atoms with E-state index in [-0.39, 0.29) is 17.4 Å². The molecule has 1 atom stereocenters. The fourth-order valence-electron chi connectivity index (χ4n) is 3.00. The maximum atomic E-state index is 12.1. The number of para-hydroxylation sites is 1. The van der Waals surface area contributed by atoms with Crippen molar-refractivity contribution >= 4 is 7.82 Å². The van der Waals surface area contributed by atoms with Crippen LogP contribution in [0.25, 0.3) is 0 Å². The average molecular weight is 342 g/mol. The Kier molecular flexibility index (Phi) is 6.88. The van der Waals surface area contributed by atoms with E-state index < -0.39 is 7.82 Å². The summed E-state index contributed by atoms with van der Waals surface area (Å²) >= 11 is 0. The van der Waals surface area contributed by atoms with Crippen LogP contribution in [-0.4, -0.2) is 11.5 Å². The highest BCUT2D eigenvalue weighted by molar-refractivity contribution is 7.47. The van der Waals surface area contributed by atoms with Crippen molar-refractivity contribution in [2.75, 3.05) is 6.61 Å². The molecule has 5 heteroatoms. The summed E-state index contributed by atoms with van der Waals surface area (Å²) in [6, 6.07) is 7.41. The van der Waals surface area contributed by atoms with Gasteiger partial charge in [0.25, 0.3) is 0 Å². The first kappa shape index (κ1) is 20.2. The molecule has 1 aromatic rings. The highest BCUT2D eigenvalue weighted by Gasteiger charge is 2.32. The number of rotatable bonds is 8. The molecule has 0 aliphatic heterocycles. The zero-order valence-electron chi connectivity index (χ0n) is 15.3. The van der Waals surface area contributed by atoms with E-state index in [4.69, 9.17) is 9.05 Å². The normalized spacial score (nSPS) is 15.3. The van der Waals surface area contributed by atoms with Gasteiger partial charge in [-0.3, -0.25) is 9.42 Å². The fraction of sp³-hybridized carbons (Fsp3) is 0.667. The van der Waals surface area contributed by atoms with Crippen molar-refractivity contribution in [1.29, 1.82) is 0 Å². The molecule has 4 nitrogen and oxygen atoms in total. The van der Waals surface area contributed by atoms with Gasteiger partial charge >= 0.3 is 7.82 Å². The summed E-state index contributed by atoms with van der Waals surface area (Å²) in [7, 11) is -4.09. The second-order valence-electron chi connectivity index (χ2n) is 7.86. The molecule has 0 spiro atoms. The number of phosphoric acid groups is 1. The Labute approximate surface area is 140 Å². The molecule has 0 fully saturated rings. The van der Waals surface area contributed by atoms with Crippen LogP contribution in [0.2, 0.25) is 0 Å². The molecule has 1 rings (SSSR count). The molecule has 0 radical (unpaired) electrons. The number of hydrogen-bond acceptors (Lipinski definition) is 3. The van der Waals surface area contributed by atoms with Crippen LogP contribution in [0.4, 0.5) is 0 Å². The summed E-state index contributed by atoms with van der Waals surface area (Å²) in [6.07, 6.45) is 2.55. The van der Waals surface area contributed by atoms with Gasteiger partial charge in [-0.05, 0) is 29.7 Å². The van der Waals surface area contributed by atoms with Gasteiger partial charge in [-0.1, -0.05) is 66.2 Å². The topological polar surface area (TPSA) is 55.8 Å². The minimum absolute atomic E-state index is 0.136. The van der Waals surface area contributed by atoms with Crippen LogP contribution in [0.3, 0.4) is 0 Å². The molecular weight excluding hydrogens is 311 g/mol. The molecule has 1 unspecified atom stereocenters. The smallest absolute Gasteiger partial charge is 0.404 e. The minimum Gasteiger partial charge on any atom is -0.404 e. The monoisotopic (exact) mass is 342 g/mol. The van der Waals surface area contributed by atoms with Crippen molar-refractivity contribution in [3.63, 3.8) is 0 Å². The summed E-state index contributed by atoms with van der Waals surface area (Å²) < 4.78 is 22.5. The first-order valence-electron chi connectivity index (χ1n) is 8.23. The third-order valence-electron chi connectivity index (χ3n) is 3.55. The summed E-state index contributed by atoms with van der Waals surface area (Å²) in [4.78, 5) is 9.93. The van der Waals surface area contributed by atoms with Gasteiger partial charge in [0.1, 0.15) is 5.75 Å². The summed E-state index contributed by atoms with van der Waals surface area (Å²) in [6.45, 7) is 13.0. The quantitative estimate of drug-likeness (QED) is 0.486. The molecule has 0 aliphatic rings. The van der Waals surface area contributed by atoms with E-state index in [1.807, 2.05) is 19.1 Å². The van der Waals surface area contributed by atoms with Crippen LogP contribution in [0.5, 0.6) is 5.75 Å². The number of hydrogen-bond donors (Lipinski definition) is 1. The Morgan fingerprint density at radius 1 is 1.13 bits per heavy atom. The maximum Gasteiger partial charge on any atom is 0.527 e. The van der Waals surface area contributed by atoms with Crippen molar-refractivity contribution in [3.05, 3.63) is 29.8 Å². The van der Waals surface area contributed by atoms with Gasteiger partial charge in [-0.2, -0.15) is 0 Å². The van der Waals surface area contributed by atoms with E-state index in [0.29, 0.717) is 5.75 Å². The number of unbranched alkanes of at least 4 members (excludes halogenated alkanes) is 1. The van der Waals surface area contributed by atoms with E-state index in [2.05, 4.69) is 34.6 Å². The Bertz CT molecular complexity index is 546. The number of phosphoric ester groups is 1. The lowest BCUT2D eigenvalue weighted by Gasteiger charge is -2.34. The van der Waals surface area contributed by atoms with Gasteiger partial charge < -0.3 is 4.52 Å². The van der Waals surface area contributed by atoms with Crippen molar-refractivity contribution in [2.45, 2.75) is 66.2 Å². The second-order valence-corrected chi connectivity index (χ2v) is 9.24. The van der Waals surface area contributed by atoms with Gasteiger partial charge in [0.15, 0.2) is 0 Å². The van der Waals surface area contributed by atoms with Gasteiger partial charge in [0, 0.05) is 5.56 Å². The van der Waals surface area contributed by atoms with Crippen LogP contribution in [0.15, 0.2) is 24.3 Å². The van der Waals surface area contributed by atoms with Crippen molar-refractivity contribution in [3.8, 4) is 5.75 Å². The summed E-state index contributed by atoms with van der Waals surface area (Å²) in [5.41, 5.74) is 0.873. The van der Waals surface area contributed by atoms with Crippen molar-refractivity contribution in [2.24, 2.45) is 5.41 Å². The van der Waals surface area contributed by atoms with E-state index in [0.717, 1.165) is 24.8 Å². The van der Waals surface area contributed by atoms with Crippen molar-refractivity contribution in [1.82, 2.24) is 0 Å². The first-order chi connectivity index (χ1) is 10.5. The third-order valence-corrected chi connectivity index (χ3v) is 4.49. The average Bonchev–Trinajstić information content (AvgIpc) is 2.36. The minimum atomic E-state index is -4.09. The predicted molar refractivity (Wildman–Crippen MR) is 94.9 cm³/mol. The molecule has 132 valence electrons. The van der Waals surface area contributed by atoms with Gasteiger partial charge in [-0.15, -0.1) is 0 Å². The van der Waals surface area contributed by atoms with Crippen molar-refractivity contribution < 1.29 is 18.5 Å². The Hall–Kier alpha value is -0.830. The lowest BCUT2D eigenvalue weighted by molar-refractivity contribution is 0.198. The molecule has 0 aliphatic carbocycles. The molecule has 0 aromatic heterocycles. The van der Waals surface area contributed by atoms with Gasteiger partial charge in [0.05, 0.1) is 6.61 Å². The van der Waals surface area contributed by atoms with E-state index in [9.17, 15) is 9.46 Å². The first-order valence-corrected chi connectivity index (χ1v) is 9.73. The van der Waals surface area contributed by atoms with Gasteiger partial charge in [-0.25, -0.2) is 4.57 Å². The van der Waals surface area contributed by atoms with E-state index in [1.54, 1.807) is 12.1 Å². The lowest BCUT2D eigenvalue weighted by atomic mass is 9.72. The predicted octanol–water partition coefficient (Wildman–Crippen LogP) is 5.70. The van der Waals surface area contributed by atoms with Crippen LogP contribution >= 0.6 is 7.82 Å². The Morgan fingerprint density at radius 2 is 1.74 bits per heavy atom. The highest BCUT2D eigenvalue weighted by Crippen LogP contribution is 2.48. The largest absolute Gasteiger partial charge is 0.527 e. The SMILES string of the molecule is CCCCOP(=O)(O)Oc1ccccc1C(C)(C)CC(C)(C)C. The van der Waals surface area contributed by atoms with E-state index in [1.165, 1.54) is 0 Å². The standard InChI is InChI=1S/C18H31O4P/c1-7-8-13-21-23(19,20)22-16-12-10-9-11-15(16)18(5,6)14-17(2,3)4/h9-12H,7-8,13-14H2,1-6H3,(H,19,20). The molecule has 23 heavy (non-hydrogen) atoms. The van der Waals surface area contributed by atoms with Crippen LogP contribution < -0.4 is 4.52 Å². The molecule has 0 saturated heterocycles. The molecule has 0 bridgehead atoms. The third kappa shape index (κ3) is 7.07. The number of benzene rings is 1. The molecule has 0 amide bonds. The molecule has 0 heterocycles. The van der Waals surface area contributed by atoms with Crippen LogP contribution in [0.1, 0.15) is 66.4 Å².